The Hall–Kier alpha value is -2.27. The molecule has 1 aromatic carbocycles. The number of nitrogens with zero attached hydrogens (tertiary/aromatic N) is 4. The number of para-hydroxylation sites is 2. The highest BCUT2D eigenvalue weighted by molar-refractivity contribution is 5.73. The van der Waals surface area contributed by atoms with Crippen molar-refractivity contribution in [3.05, 3.63) is 54.1 Å². The average molecular weight is 281 g/mol. The molecule has 108 valence electrons. The Morgan fingerprint density at radius 3 is 2.76 bits per heavy atom. The fourth-order valence-corrected chi connectivity index (χ4v) is 2.54. The van der Waals surface area contributed by atoms with Crippen LogP contribution in [-0.4, -0.2) is 26.8 Å². The zero-order chi connectivity index (χ0) is 14.7. The highest BCUT2D eigenvalue weighted by atomic mass is 15.3. The number of hydrogen-bond acceptors (Lipinski definition) is 4. The van der Waals surface area contributed by atoms with Gasteiger partial charge in [0, 0.05) is 12.7 Å². The minimum atomic E-state index is -0.00356. The van der Waals surface area contributed by atoms with Crippen molar-refractivity contribution in [1.82, 2.24) is 25.1 Å². The van der Waals surface area contributed by atoms with Gasteiger partial charge in [-0.2, -0.15) is 5.10 Å². The molecule has 0 bridgehead atoms. The number of benzene rings is 1. The van der Waals surface area contributed by atoms with Gasteiger partial charge in [-0.25, -0.2) is 4.98 Å². The average Bonchev–Trinajstić information content (AvgIpc) is 2.97. The third-order valence-electron chi connectivity index (χ3n) is 3.53. The first kappa shape index (κ1) is 13.7. The Labute approximate surface area is 124 Å². The molecule has 5 nitrogen and oxygen atoms in total. The summed E-state index contributed by atoms with van der Waals surface area (Å²) in [5.41, 5.74) is 3.85. The van der Waals surface area contributed by atoms with Gasteiger partial charge in [-0.1, -0.05) is 19.1 Å². The summed E-state index contributed by atoms with van der Waals surface area (Å²) in [6.07, 6.45) is 4.73. The van der Waals surface area contributed by atoms with Crippen LogP contribution in [0.2, 0.25) is 0 Å². The molecule has 1 N–H and O–H groups in total. The predicted octanol–water partition coefficient (Wildman–Crippen LogP) is 2.55. The molecule has 0 aliphatic carbocycles. The van der Waals surface area contributed by atoms with Crippen molar-refractivity contribution in [1.29, 1.82) is 0 Å². The molecule has 0 fully saturated rings. The molecule has 0 saturated heterocycles. The lowest BCUT2D eigenvalue weighted by atomic mass is 10.1. The highest BCUT2D eigenvalue weighted by Crippen LogP contribution is 2.21. The summed E-state index contributed by atoms with van der Waals surface area (Å²) in [5.74, 6) is 0. The molecule has 0 aliphatic heterocycles. The van der Waals surface area contributed by atoms with E-state index in [0.29, 0.717) is 0 Å². The van der Waals surface area contributed by atoms with Crippen molar-refractivity contribution >= 4 is 11.0 Å². The lowest BCUT2D eigenvalue weighted by molar-refractivity contribution is 0.529. The maximum atomic E-state index is 4.74. The standard InChI is InChI=1S/C16H19N5/c1-3-10-21-15(8-9-19-21)16(17-2)14-11-18-12-6-4-5-7-13(12)20-14/h4-9,11,16-17H,3,10H2,1-2H3. The van der Waals surface area contributed by atoms with E-state index in [1.54, 1.807) is 0 Å². The molecule has 3 aromatic rings. The summed E-state index contributed by atoms with van der Waals surface area (Å²) in [5, 5.41) is 7.71. The second-order valence-electron chi connectivity index (χ2n) is 4.98. The molecule has 1 atom stereocenters. The number of aromatic nitrogens is 4. The van der Waals surface area contributed by atoms with E-state index in [1.165, 1.54) is 0 Å². The van der Waals surface area contributed by atoms with Crippen molar-refractivity contribution < 1.29 is 0 Å². The summed E-state index contributed by atoms with van der Waals surface area (Å²) in [7, 11) is 1.94. The van der Waals surface area contributed by atoms with Crippen molar-refractivity contribution in [2.45, 2.75) is 25.9 Å². The molecule has 21 heavy (non-hydrogen) atoms. The molecule has 0 spiro atoms. The largest absolute Gasteiger partial charge is 0.307 e. The van der Waals surface area contributed by atoms with Gasteiger partial charge >= 0.3 is 0 Å². The smallest absolute Gasteiger partial charge is 0.0935 e. The Morgan fingerprint density at radius 1 is 1.19 bits per heavy atom. The van der Waals surface area contributed by atoms with E-state index in [1.807, 2.05) is 54.5 Å². The van der Waals surface area contributed by atoms with Crippen LogP contribution in [0.4, 0.5) is 0 Å². The Morgan fingerprint density at radius 2 is 2.00 bits per heavy atom. The zero-order valence-corrected chi connectivity index (χ0v) is 12.3. The van der Waals surface area contributed by atoms with Gasteiger partial charge in [-0.15, -0.1) is 0 Å². The third kappa shape index (κ3) is 2.64. The van der Waals surface area contributed by atoms with E-state index in [0.717, 1.165) is 35.4 Å². The minimum absolute atomic E-state index is 0.00356. The quantitative estimate of drug-likeness (QED) is 0.781. The summed E-state index contributed by atoms with van der Waals surface area (Å²) in [4.78, 5) is 9.24. The van der Waals surface area contributed by atoms with E-state index < -0.39 is 0 Å². The molecule has 2 aromatic heterocycles. The van der Waals surface area contributed by atoms with E-state index in [2.05, 4.69) is 22.3 Å². The maximum absolute atomic E-state index is 4.74. The summed E-state index contributed by atoms with van der Waals surface area (Å²) in [6, 6.07) is 9.95. The first-order valence-electron chi connectivity index (χ1n) is 7.24. The van der Waals surface area contributed by atoms with E-state index in [4.69, 9.17) is 4.98 Å². The third-order valence-corrected chi connectivity index (χ3v) is 3.53. The van der Waals surface area contributed by atoms with E-state index >= 15 is 0 Å². The van der Waals surface area contributed by atoms with Gasteiger partial charge in [0.2, 0.25) is 0 Å². The lowest BCUT2D eigenvalue weighted by Crippen LogP contribution is -2.23. The summed E-state index contributed by atoms with van der Waals surface area (Å²) < 4.78 is 2.03. The van der Waals surface area contributed by atoms with Crippen molar-refractivity contribution in [2.75, 3.05) is 7.05 Å². The SMILES string of the molecule is CCCn1nccc1C(NC)c1cnc2ccccc2n1. The second kappa shape index (κ2) is 6.01. The van der Waals surface area contributed by atoms with Gasteiger partial charge < -0.3 is 5.32 Å². The molecule has 3 rings (SSSR count). The zero-order valence-electron chi connectivity index (χ0n) is 12.3. The fourth-order valence-electron chi connectivity index (χ4n) is 2.54. The molecule has 1 unspecified atom stereocenters. The Kier molecular flexibility index (Phi) is 3.92. The van der Waals surface area contributed by atoms with E-state index in [9.17, 15) is 0 Å². The second-order valence-corrected chi connectivity index (χ2v) is 4.98. The number of nitrogens with one attached hydrogen (secondary N) is 1. The van der Waals surface area contributed by atoms with Gasteiger partial charge in [-0.05, 0) is 31.7 Å². The molecule has 0 radical (unpaired) electrons. The topological polar surface area (TPSA) is 55.6 Å². The highest BCUT2D eigenvalue weighted by Gasteiger charge is 2.18. The molecule has 0 saturated carbocycles. The Bertz CT molecular complexity index is 734. The van der Waals surface area contributed by atoms with Gasteiger partial charge in [-0.3, -0.25) is 9.67 Å². The first-order valence-corrected chi connectivity index (χ1v) is 7.24. The summed E-state index contributed by atoms with van der Waals surface area (Å²) in [6.45, 7) is 3.05. The monoisotopic (exact) mass is 281 g/mol. The van der Waals surface area contributed by atoms with Crippen LogP contribution in [0.1, 0.15) is 30.8 Å². The van der Waals surface area contributed by atoms with E-state index in [-0.39, 0.29) is 6.04 Å². The van der Waals surface area contributed by atoms with Crippen LogP contribution in [0.3, 0.4) is 0 Å². The van der Waals surface area contributed by atoms with Crippen LogP contribution in [-0.2, 0) is 6.54 Å². The van der Waals surface area contributed by atoms with Crippen LogP contribution in [0.5, 0.6) is 0 Å². The first-order chi connectivity index (χ1) is 10.3. The number of fused-ring (bicyclic) bond motifs is 1. The molecular formula is C16H19N5. The van der Waals surface area contributed by atoms with Crippen LogP contribution in [0.15, 0.2) is 42.7 Å². The fraction of sp³-hybridized carbons (Fsp3) is 0.312. The molecule has 0 amide bonds. The normalized spacial score (nSPS) is 12.7. The van der Waals surface area contributed by atoms with Gasteiger partial charge in [0.25, 0.3) is 0 Å². The van der Waals surface area contributed by atoms with Gasteiger partial charge in [0.15, 0.2) is 0 Å². The van der Waals surface area contributed by atoms with Crippen LogP contribution in [0, 0.1) is 0 Å². The molecule has 0 aliphatic rings. The van der Waals surface area contributed by atoms with Crippen LogP contribution >= 0.6 is 0 Å². The number of hydrogen-bond donors (Lipinski definition) is 1. The Balaban J connectivity index is 2.03. The molecular weight excluding hydrogens is 262 g/mol. The lowest BCUT2D eigenvalue weighted by Gasteiger charge is -2.17. The maximum Gasteiger partial charge on any atom is 0.0935 e. The van der Waals surface area contributed by atoms with Crippen LogP contribution < -0.4 is 5.32 Å². The van der Waals surface area contributed by atoms with Crippen LogP contribution in [0.25, 0.3) is 11.0 Å². The molecule has 2 heterocycles. The predicted molar refractivity (Wildman–Crippen MR) is 83.0 cm³/mol. The molecule has 5 heteroatoms. The van der Waals surface area contributed by atoms with Crippen molar-refractivity contribution in [3.63, 3.8) is 0 Å². The number of aryl methyl sites for hydroxylation is 1. The number of rotatable bonds is 5. The summed E-state index contributed by atoms with van der Waals surface area (Å²) >= 11 is 0. The van der Waals surface area contributed by atoms with Crippen molar-refractivity contribution in [3.8, 4) is 0 Å². The van der Waals surface area contributed by atoms with Gasteiger partial charge in [0.05, 0.1) is 34.7 Å². The van der Waals surface area contributed by atoms with Crippen molar-refractivity contribution in [2.24, 2.45) is 0 Å². The minimum Gasteiger partial charge on any atom is -0.307 e. The van der Waals surface area contributed by atoms with Gasteiger partial charge in [0.1, 0.15) is 0 Å².